The zero-order valence-corrected chi connectivity index (χ0v) is 34.6. The van der Waals surface area contributed by atoms with Gasteiger partial charge in [-0.25, -0.2) is 17.6 Å². The van der Waals surface area contributed by atoms with Gasteiger partial charge in [-0.2, -0.15) is 0 Å². The van der Waals surface area contributed by atoms with Gasteiger partial charge in [-0.3, -0.25) is 0 Å². The zero-order chi connectivity index (χ0) is 40.0. The van der Waals surface area contributed by atoms with E-state index in [4.69, 9.17) is 4.74 Å². The first-order valence-electron chi connectivity index (χ1n) is 22.6. The Bertz CT molecular complexity index is 1640. The number of hydrogen-bond acceptors (Lipinski definition) is 1. The quantitative estimate of drug-likeness (QED) is 0.0641. The average Bonchev–Trinajstić information content (AvgIpc) is 3.24. The highest BCUT2D eigenvalue weighted by Gasteiger charge is 2.36. The van der Waals surface area contributed by atoms with Crippen molar-refractivity contribution in [3.05, 3.63) is 119 Å². The summed E-state index contributed by atoms with van der Waals surface area (Å²) in [5, 5.41) is 0. The number of benzene rings is 4. The van der Waals surface area contributed by atoms with Crippen LogP contribution in [0.4, 0.5) is 17.6 Å². The van der Waals surface area contributed by atoms with Crippen molar-refractivity contribution in [3.8, 4) is 22.3 Å². The molecule has 57 heavy (non-hydrogen) atoms. The summed E-state index contributed by atoms with van der Waals surface area (Å²) < 4.78 is 63.6. The number of rotatable bonds is 20. The van der Waals surface area contributed by atoms with Crippen LogP contribution < -0.4 is 0 Å². The van der Waals surface area contributed by atoms with Gasteiger partial charge < -0.3 is 4.74 Å². The molecule has 2 fully saturated rings. The van der Waals surface area contributed by atoms with Crippen molar-refractivity contribution < 1.29 is 22.3 Å². The van der Waals surface area contributed by atoms with Crippen LogP contribution in [0, 0.1) is 46.9 Å². The van der Waals surface area contributed by atoms with E-state index in [1.165, 1.54) is 127 Å². The topological polar surface area (TPSA) is 9.23 Å². The maximum absolute atomic E-state index is 14.2. The lowest BCUT2D eigenvalue weighted by molar-refractivity contribution is -0.0907. The maximum Gasteiger partial charge on any atom is 0.159 e. The normalized spacial score (nSPS) is 21.0. The molecule has 1 nitrogen and oxygen atoms in total. The van der Waals surface area contributed by atoms with Crippen LogP contribution in [0.1, 0.15) is 166 Å². The van der Waals surface area contributed by atoms with Crippen LogP contribution >= 0.6 is 0 Å². The highest BCUT2D eigenvalue weighted by atomic mass is 19.2. The minimum atomic E-state index is -0.843. The van der Waals surface area contributed by atoms with E-state index >= 15 is 0 Å². The van der Waals surface area contributed by atoms with Crippen molar-refractivity contribution in [3.63, 3.8) is 0 Å². The Kier molecular flexibility index (Phi) is 16.7. The minimum absolute atomic E-state index is 0.110. The fraction of sp³-hybridized carbons (Fsp3) is 0.538. The van der Waals surface area contributed by atoms with E-state index in [2.05, 4.69) is 38.1 Å². The van der Waals surface area contributed by atoms with Crippen LogP contribution in [0.3, 0.4) is 0 Å². The zero-order valence-electron chi connectivity index (χ0n) is 34.6. The Labute approximate surface area is 341 Å². The van der Waals surface area contributed by atoms with Crippen molar-refractivity contribution >= 4 is 0 Å². The third-order valence-corrected chi connectivity index (χ3v) is 13.3. The molecule has 308 valence electrons. The minimum Gasteiger partial charge on any atom is -0.365 e. The van der Waals surface area contributed by atoms with Gasteiger partial charge in [-0.1, -0.05) is 177 Å². The molecule has 0 spiro atoms. The Morgan fingerprint density at radius 1 is 0.421 bits per heavy atom. The Morgan fingerprint density at radius 2 is 0.772 bits per heavy atom. The van der Waals surface area contributed by atoms with Crippen molar-refractivity contribution in [2.45, 2.75) is 154 Å². The fourth-order valence-electron chi connectivity index (χ4n) is 9.80. The number of ether oxygens (including phenoxy) is 1. The molecule has 2 saturated carbocycles. The lowest BCUT2D eigenvalue weighted by atomic mass is 9.74. The summed E-state index contributed by atoms with van der Waals surface area (Å²) in [4.78, 5) is 0. The SMILES string of the molecule is CCCCCCCC1CCC(C(OC(c2ccc(-c3ccc(F)c(F)c3)cc2)C2CCC(CCCCCCC)CC2)c2ccc(-c3ccc(F)c(F)c3)cc2)CC1. The molecule has 2 unspecified atom stereocenters. The highest BCUT2D eigenvalue weighted by Crippen LogP contribution is 2.47. The predicted octanol–water partition coefficient (Wildman–Crippen LogP) is 16.7. The first-order valence-corrected chi connectivity index (χ1v) is 22.6. The van der Waals surface area contributed by atoms with Crippen molar-refractivity contribution in [2.75, 3.05) is 0 Å². The number of halogens is 4. The molecule has 0 aromatic heterocycles. The second-order valence-corrected chi connectivity index (χ2v) is 17.4. The van der Waals surface area contributed by atoms with E-state index in [0.29, 0.717) is 23.0 Å². The van der Waals surface area contributed by atoms with Gasteiger partial charge in [0.15, 0.2) is 23.3 Å². The van der Waals surface area contributed by atoms with Gasteiger partial charge in [0.25, 0.3) is 0 Å². The molecule has 0 radical (unpaired) electrons. The summed E-state index contributed by atoms with van der Waals surface area (Å²) in [6, 6.07) is 24.8. The monoisotopic (exact) mass is 783 g/mol. The second kappa shape index (κ2) is 22.1. The van der Waals surface area contributed by atoms with Crippen molar-refractivity contribution in [1.29, 1.82) is 0 Å². The molecule has 0 N–H and O–H groups in total. The average molecular weight is 783 g/mol. The molecule has 0 aliphatic heterocycles. The summed E-state index contributed by atoms with van der Waals surface area (Å²) in [5.74, 6) is -1.07. The van der Waals surface area contributed by atoms with Crippen molar-refractivity contribution in [1.82, 2.24) is 0 Å². The van der Waals surface area contributed by atoms with Crippen LogP contribution in [0.15, 0.2) is 84.9 Å². The third-order valence-electron chi connectivity index (χ3n) is 13.3. The van der Waals surface area contributed by atoms with E-state index < -0.39 is 23.3 Å². The van der Waals surface area contributed by atoms with E-state index in [9.17, 15) is 17.6 Å². The fourth-order valence-corrected chi connectivity index (χ4v) is 9.80. The maximum atomic E-state index is 14.2. The van der Waals surface area contributed by atoms with Crippen molar-refractivity contribution in [2.24, 2.45) is 23.7 Å². The van der Waals surface area contributed by atoms with Gasteiger partial charge in [0.05, 0.1) is 12.2 Å². The molecule has 0 heterocycles. The predicted molar refractivity (Wildman–Crippen MR) is 228 cm³/mol. The van der Waals surface area contributed by atoms with E-state index in [1.54, 1.807) is 12.1 Å². The van der Waals surface area contributed by atoms with Crippen LogP contribution in [0.2, 0.25) is 0 Å². The highest BCUT2D eigenvalue weighted by molar-refractivity contribution is 5.64. The summed E-state index contributed by atoms with van der Waals surface area (Å²) in [6.45, 7) is 4.54. The summed E-state index contributed by atoms with van der Waals surface area (Å²) in [5.41, 5.74) is 5.26. The largest absolute Gasteiger partial charge is 0.365 e. The van der Waals surface area contributed by atoms with Crippen LogP contribution in [-0.4, -0.2) is 0 Å². The van der Waals surface area contributed by atoms with Gasteiger partial charge in [-0.05, 0) is 107 Å². The molecule has 0 saturated heterocycles. The summed E-state index contributed by atoms with van der Waals surface area (Å²) >= 11 is 0. The molecule has 2 aliphatic rings. The third kappa shape index (κ3) is 12.3. The molecule has 4 aromatic rings. The summed E-state index contributed by atoms with van der Waals surface area (Å²) in [7, 11) is 0. The smallest absolute Gasteiger partial charge is 0.159 e. The Morgan fingerprint density at radius 3 is 1.12 bits per heavy atom. The molecule has 0 amide bonds. The van der Waals surface area contributed by atoms with E-state index in [1.807, 2.05) is 24.3 Å². The van der Waals surface area contributed by atoms with Gasteiger partial charge in [0.1, 0.15) is 0 Å². The number of hydrogen-bond donors (Lipinski definition) is 0. The molecule has 2 aliphatic carbocycles. The van der Waals surface area contributed by atoms with Gasteiger partial charge in [-0.15, -0.1) is 0 Å². The Balaban J connectivity index is 1.25. The lowest BCUT2D eigenvalue weighted by Crippen LogP contribution is -2.28. The van der Waals surface area contributed by atoms with E-state index in [0.717, 1.165) is 59.8 Å². The van der Waals surface area contributed by atoms with Gasteiger partial charge in [0, 0.05) is 0 Å². The van der Waals surface area contributed by atoms with Gasteiger partial charge >= 0.3 is 0 Å². The molecular weight excluding hydrogens is 717 g/mol. The second-order valence-electron chi connectivity index (χ2n) is 17.4. The Hall–Kier alpha value is -3.44. The standard InChI is InChI=1S/C52H66F4O/c1-3-5-7-9-11-13-37-15-19-41(20-16-37)51(43-27-23-39(24-28-43)45-31-33-47(53)49(55)35-45)57-52(42-21-17-38(18-22-42)14-12-10-8-6-4-2)44-29-25-40(26-30-44)46-32-34-48(54)50(56)36-46/h23-38,41-42,51-52H,3-22H2,1-2H3. The summed E-state index contributed by atoms with van der Waals surface area (Å²) in [6.07, 6.45) is 25.0. The molecule has 5 heteroatoms. The first-order chi connectivity index (χ1) is 27.8. The van der Waals surface area contributed by atoms with Crippen LogP contribution in [0.5, 0.6) is 0 Å². The molecule has 0 bridgehead atoms. The lowest BCUT2D eigenvalue weighted by Gasteiger charge is -2.40. The van der Waals surface area contributed by atoms with Crippen LogP contribution in [0.25, 0.3) is 22.3 Å². The number of unbranched alkanes of at least 4 members (excludes halogenated alkanes) is 8. The first kappa shape index (κ1) is 43.1. The molecule has 2 atom stereocenters. The van der Waals surface area contributed by atoms with E-state index in [-0.39, 0.29) is 12.2 Å². The van der Waals surface area contributed by atoms with Gasteiger partial charge in [0.2, 0.25) is 0 Å². The molecule has 4 aromatic carbocycles. The van der Waals surface area contributed by atoms with Crippen LogP contribution in [-0.2, 0) is 4.74 Å². The molecular formula is C52H66F4O. The molecule has 6 rings (SSSR count).